The van der Waals surface area contributed by atoms with Crippen LogP contribution in [-0.2, 0) is 18.4 Å². The zero-order valence-corrected chi connectivity index (χ0v) is 11.7. The summed E-state index contributed by atoms with van der Waals surface area (Å²) in [6, 6.07) is 0. The Morgan fingerprint density at radius 1 is 1.35 bits per heavy atom. The van der Waals surface area contributed by atoms with Gasteiger partial charge in [-0.05, 0) is 12.5 Å². The average Bonchev–Trinajstić information content (AvgIpc) is 2.13. The molecule has 0 spiro atoms. The second kappa shape index (κ2) is 6.42. The Kier molecular flexibility index (Phi) is 6.23. The van der Waals surface area contributed by atoms with Gasteiger partial charge in [-0.2, -0.15) is 0 Å². The van der Waals surface area contributed by atoms with Gasteiger partial charge in [0.05, 0.1) is 27.7 Å². The first-order valence-corrected chi connectivity index (χ1v) is 6.64. The Morgan fingerprint density at radius 2 is 1.88 bits per heavy atom. The molecule has 0 aromatic carbocycles. The number of hydrogen-bond acceptors (Lipinski definition) is 4. The van der Waals surface area contributed by atoms with Gasteiger partial charge in [0.25, 0.3) is 0 Å². The maximum atomic E-state index is 11.4. The second-order valence-electron chi connectivity index (χ2n) is 4.80. The predicted octanol–water partition coefficient (Wildman–Crippen LogP) is 1.32. The summed E-state index contributed by atoms with van der Waals surface area (Å²) in [6.07, 6.45) is 0.0214. The third kappa shape index (κ3) is 9.21. The first kappa shape index (κ1) is 16.5. The third-order valence-corrected chi connectivity index (χ3v) is 2.62. The SMILES string of the molecule is C=C(C)C(=O)CCOP(=O)(O)OC[15N+]([13CH3])([13CH3])[13CH3]. The number of nitrogens with zero attached hydrogens (tertiary/aromatic N) is 1. The number of carbonyl (C=O) groups excluding carboxylic acids is 1. The fraction of sp³-hybridized carbons (Fsp3) is 0.700. The van der Waals surface area contributed by atoms with Crippen LogP contribution in [0.5, 0.6) is 0 Å². The number of allylic oxidation sites excluding steroid dienone is 1. The molecule has 100 valence electrons. The summed E-state index contributed by atoms with van der Waals surface area (Å²) in [6.45, 7) is 4.93. The van der Waals surface area contributed by atoms with E-state index in [9.17, 15) is 14.3 Å². The number of hydrogen-bond donors (Lipinski definition) is 1. The normalized spacial score (nSPS) is 15.4. The number of ketones is 1. The highest BCUT2D eigenvalue weighted by Gasteiger charge is 2.24. The van der Waals surface area contributed by atoms with E-state index in [4.69, 9.17) is 4.52 Å². The zero-order valence-electron chi connectivity index (χ0n) is 10.8. The highest BCUT2D eigenvalue weighted by atomic mass is 31.2. The fourth-order valence-corrected chi connectivity index (χ4v) is 1.64. The zero-order chi connectivity index (χ0) is 13.7. The molecular formula is C10H21NO5P+. The van der Waals surface area contributed by atoms with Crippen LogP contribution in [0.1, 0.15) is 13.3 Å². The summed E-state index contributed by atoms with van der Waals surface area (Å²) < 4.78 is 21.2. The van der Waals surface area contributed by atoms with Crippen LogP contribution >= 0.6 is 7.82 Å². The summed E-state index contributed by atoms with van der Waals surface area (Å²) in [5.41, 5.74) is 0.397. The Balaban J connectivity index is 3.99. The minimum atomic E-state index is -4.07. The van der Waals surface area contributed by atoms with Crippen molar-refractivity contribution in [3.8, 4) is 0 Å². The van der Waals surface area contributed by atoms with Crippen LogP contribution in [0.15, 0.2) is 12.2 Å². The predicted molar refractivity (Wildman–Crippen MR) is 64.2 cm³/mol. The molecule has 0 bridgehead atoms. The molecule has 0 saturated heterocycles. The second-order valence-corrected chi connectivity index (χ2v) is 6.26. The minimum absolute atomic E-state index is 0.0214. The van der Waals surface area contributed by atoms with Crippen LogP contribution in [0.3, 0.4) is 0 Å². The Labute approximate surface area is 102 Å². The van der Waals surface area contributed by atoms with Crippen LogP contribution in [-0.4, -0.2) is 49.6 Å². The molecule has 0 aromatic rings. The van der Waals surface area contributed by atoms with Crippen molar-refractivity contribution in [2.75, 3.05) is 34.5 Å². The minimum Gasteiger partial charge on any atom is -0.308 e. The summed E-state index contributed by atoms with van der Waals surface area (Å²) in [5, 5.41) is 0. The fourth-order valence-electron chi connectivity index (χ4n) is 0.751. The first-order chi connectivity index (χ1) is 7.53. The number of phosphoric ester groups is 1. The molecule has 0 radical (unpaired) electrons. The van der Waals surface area contributed by atoms with Crippen LogP contribution in [0, 0.1) is 0 Å². The lowest BCUT2D eigenvalue weighted by Crippen LogP contribution is -2.36. The molecule has 1 atom stereocenters. The first-order valence-electron chi connectivity index (χ1n) is 5.14. The molecule has 0 aliphatic carbocycles. The van der Waals surface area contributed by atoms with E-state index >= 15 is 0 Å². The molecule has 1 N–H and O–H groups in total. The van der Waals surface area contributed by atoms with Crippen molar-refractivity contribution in [1.29, 1.82) is 0 Å². The lowest BCUT2D eigenvalue weighted by atomic mass is 10.2. The van der Waals surface area contributed by atoms with Crippen molar-refractivity contribution in [3.63, 3.8) is 0 Å². The van der Waals surface area contributed by atoms with Gasteiger partial charge >= 0.3 is 7.82 Å². The van der Waals surface area contributed by atoms with Gasteiger partial charge in [0.1, 0.15) is 0 Å². The van der Waals surface area contributed by atoms with E-state index < -0.39 is 7.82 Å². The Morgan fingerprint density at radius 3 is 2.29 bits per heavy atom. The van der Waals surface area contributed by atoms with Crippen LogP contribution < -0.4 is 0 Å². The summed E-state index contributed by atoms with van der Waals surface area (Å²) in [7, 11) is 1.36. The van der Waals surface area contributed by atoms with Gasteiger partial charge in [-0.1, -0.05) is 6.58 Å². The van der Waals surface area contributed by atoms with Gasteiger partial charge in [-0.15, -0.1) is 0 Å². The Bertz CT molecular complexity index is 334. The van der Waals surface area contributed by atoms with E-state index in [1.54, 1.807) is 6.92 Å². The maximum absolute atomic E-state index is 11.4. The van der Waals surface area contributed by atoms with E-state index in [1.165, 1.54) is 0 Å². The quantitative estimate of drug-likeness (QED) is 0.180. The molecule has 0 heterocycles. The summed E-state index contributed by atoms with van der Waals surface area (Å²) in [5.74, 6) is -0.198. The molecule has 0 aromatic heterocycles. The highest BCUT2D eigenvalue weighted by Crippen LogP contribution is 2.43. The molecular weight excluding hydrogens is 249 g/mol. The van der Waals surface area contributed by atoms with Gasteiger partial charge in [0.2, 0.25) is 0 Å². The molecule has 0 aliphatic heterocycles. The van der Waals surface area contributed by atoms with Crippen molar-refractivity contribution >= 4 is 13.6 Å². The van der Waals surface area contributed by atoms with Gasteiger partial charge in [-0.3, -0.25) is 9.32 Å². The van der Waals surface area contributed by atoms with Crippen LogP contribution in [0.4, 0.5) is 0 Å². The molecule has 0 saturated carbocycles. The number of carbonyl (C=O) groups is 1. The standard InChI is InChI=1S/C10H20NO5P/c1-9(2)10(12)6-7-15-17(13,14)16-8-11(3,4)5/h1,6-8H2,2-5H3/p+1/i3+1,4+1,5+1,11+1. The summed E-state index contributed by atoms with van der Waals surface area (Å²) >= 11 is 0. The monoisotopic (exact) mass is 270 g/mol. The molecule has 0 aliphatic rings. The highest BCUT2D eigenvalue weighted by molar-refractivity contribution is 7.47. The Hall–Kier alpha value is -0.520. The molecule has 7 heteroatoms. The number of quaternary nitrogens is 1. The van der Waals surface area contributed by atoms with Crippen molar-refractivity contribution in [3.05, 3.63) is 12.2 Å². The van der Waals surface area contributed by atoms with E-state index in [2.05, 4.69) is 11.1 Å². The van der Waals surface area contributed by atoms with E-state index in [-0.39, 0.29) is 25.5 Å². The molecule has 0 rings (SSSR count). The number of rotatable bonds is 8. The number of Topliss-reactive ketones (excluding diaryl/α,β-unsaturated/α-hetero) is 1. The van der Waals surface area contributed by atoms with Gasteiger partial charge in [0.15, 0.2) is 12.5 Å². The van der Waals surface area contributed by atoms with Gasteiger partial charge in [-0.25, -0.2) is 9.09 Å². The van der Waals surface area contributed by atoms with Crippen molar-refractivity contribution in [2.24, 2.45) is 0 Å². The molecule has 0 amide bonds. The van der Waals surface area contributed by atoms with Crippen molar-refractivity contribution < 1.29 is 27.8 Å². The third-order valence-electron chi connectivity index (χ3n) is 1.67. The molecule has 0 fully saturated rings. The van der Waals surface area contributed by atoms with Crippen LogP contribution in [0.25, 0.3) is 0 Å². The van der Waals surface area contributed by atoms with Crippen molar-refractivity contribution in [1.82, 2.24) is 0 Å². The summed E-state index contributed by atoms with van der Waals surface area (Å²) in [4.78, 5) is 20.4. The smallest absolute Gasteiger partial charge is 0.308 e. The lowest BCUT2D eigenvalue weighted by Gasteiger charge is -2.24. The average molecular weight is 270 g/mol. The van der Waals surface area contributed by atoms with E-state index in [1.807, 2.05) is 21.1 Å². The van der Waals surface area contributed by atoms with Gasteiger partial charge in [0, 0.05) is 6.42 Å². The maximum Gasteiger partial charge on any atom is 0.476 e. The topological polar surface area (TPSA) is 72.8 Å². The molecule has 6 nitrogen and oxygen atoms in total. The molecule has 17 heavy (non-hydrogen) atoms. The largest absolute Gasteiger partial charge is 0.476 e. The molecule has 1 unspecified atom stereocenters. The lowest BCUT2D eigenvalue weighted by molar-refractivity contribution is -0.887. The van der Waals surface area contributed by atoms with Gasteiger partial charge < -0.3 is 9.38 Å². The van der Waals surface area contributed by atoms with E-state index in [0.717, 1.165) is 0 Å². The van der Waals surface area contributed by atoms with Crippen LogP contribution in [0.2, 0.25) is 0 Å². The van der Waals surface area contributed by atoms with Crippen molar-refractivity contribution in [2.45, 2.75) is 13.3 Å². The van der Waals surface area contributed by atoms with E-state index in [0.29, 0.717) is 10.1 Å². The number of phosphoric acid groups is 1.